The third-order valence-electron chi connectivity index (χ3n) is 4.99. The minimum atomic E-state index is -0.610. The summed E-state index contributed by atoms with van der Waals surface area (Å²) in [6.45, 7) is 0. The highest BCUT2D eigenvalue weighted by atomic mass is 16.5. The number of nitrogens with zero attached hydrogens (tertiary/aromatic N) is 4. The maximum absolute atomic E-state index is 13.0. The largest absolute Gasteiger partial charge is 0.497 e. The van der Waals surface area contributed by atoms with Gasteiger partial charge in [0.2, 0.25) is 0 Å². The molecule has 0 N–H and O–H groups in total. The molecule has 2 aromatic carbocycles. The van der Waals surface area contributed by atoms with Gasteiger partial charge in [-0.25, -0.2) is 9.79 Å². The van der Waals surface area contributed by atoms with Crippen molar-refractivity contribution in [3.8, 4) is 5.75 Å². The topological polar surface area (TPSA) is 65.5 Å². The van der Waals surface area contributed by atoms with Crippen LogP contribution in [0.1, 0.15) is 5.56 Å². The Morgan fingerprint density at radius 1 is 0.963 bits per heavy atom. The Hall–Kier alpha value is -3.35. The Labute approximate surface area is 157 Å². The van der Waals surface area contributed by atoms with Gasteiger partial charge in [-0.2, -0.15) is 0 Å². The first-order valence-electron chi connectivity index (χ1n) is 8.64. The number of benzene rings is 2. The molecule has 0 aromatic heterocycles. The van der Waals surface area contributed by atoms with Crippen molar-refractivity contribution in [1.29, 1.82) is 0 Å². The van der Waals surface area contributed by atoms with E-state index in [-0.39, 0.29) is 11.9 Å². The van der Waals surface area contributed by atoms with Crippen LogP contribution < -0.4 is 9.64 Å². The third kappa shape index (κ3) is 2.63. The first-order valence-corrected chi connectivity index (χ1v) is 8.64. The van der Waals surface area contributed by atoms with E-state index < -0.39 is 12.2 Å². The number of methoxy groups -OCH3 is 1. The molecule has 2 heterocycles. The van der Waals surface area contributed by atoms with E-state index >= 15 is 0 Å². The summed E-state index contributed by atoms with van der Waals surface area (Å²) in [5.74, 6) is 1.12. The van der Waals surface area contributed by atoms with Crippen LogP contribution in [0.15, 0.2) is 59.6 Å². The summed E-state index contributed by atoms with van der Waals surface area (Å²) in [5, 5.41) is 0. The summed E-state index contributed by atoms with van der Waals surface area (Å²) < 4.78 is 5.24. The summed E-state index contributed by atoms with van der Waals surface area (Å²) in [5.41, 5.74) is 1.70. The number of amidine groups is 1. The fourth-order valence-electron chi connectivity index (χ4n) is 3.53. The predicted molar refractivity (Wildman–Crippen MR) is 102 cm³/mol. The molecule has 1 saturated heterocycles. The molecule has 27 heavy (non-hydrogen) atoms. The molecule has 2 atom stereocenters. The van der Waals surface area contributed by atoms with E-state index in [1.165, 1.54) is 11.9 Å². The summed E-state index contributed by atoms with van der Waals surface area (Å²) >= 11 is 0. The first-order chi connectivity index (χ1) is 13.0. The van der Waals surface area contributed by atoms with Crippen molar-refractivity contribution in [2.75, 3.05) is 26.1 Å². The van der Waals surface area contributed by atoms with E-state index in [4.69, 9.17) is 9.73 Å². The van der Waals surface area contributed by atoms with Crippen molar-refractivity contribution in [1.82, 2.24) is 9.80 Å². The minimum absolute atomic E-state index is 0.270. The number of carbonyl (C=O) groups excluding carboxylic acids is 2. The van der Waals surface area contributed by atoms with E-state index in [1.54, 1.807) is 14.2 Å². The van der Waals surface area contributed by atoms with Gasteiger partial charge in [-0.1, -0.05) is 30.3 Å². The second-order valence-electron chi connectivity index (χ2n) is 6.54. The van der Waals surface area contributed by atoms with Gasteiger partial charge < -0.3 is 14.5 Å². The molecule has 7 heteroatoms. The number of anilines is 1. The van der Waals surface area contributed by atoms with Crippen LogP contribution in [0.2, 0.25) is 0 Å². The Morgan fingerprint density at radius 2 is 1.63 bits per heavy atom. The van der Waals surface area contributed by atoms with Gasteiger partial charge in [0.15, 0.2) is 12.2 Å². The second kappa shape index (κ2) is 6.42. The molecule has 1 fully saturated rings. The average molecular weight is 364 g/mol. The summed E-state index contributed by atoms with van der Waals surface area (Å²) in [7, 11) is 4.79. The minimum Gasteiger partial charge on any atom is -0.497 e. The molecule has 0 radical (unpaired) electrons. The lowest BCUT2D eigenvalue weighted by Gasteiger charge is -2.40. The van der Waals surface area contributed by atoms with Crippen molar-refractivity contribution in [3.63, 3.8) is 0 Å². The normalized spacial score (nSPS) is 22.0. The number of fused-ring (bicyclic) bond motifs is 1. The van der Waals surface area contributed by atoms with Crippen molar-refractivity contribution in [2.45, 2.75) is 12.2 Å². The van der Waals surface area contributed by atoms with Gasteiger partial charge in [-0.15, -0.1) is 0 Å². The summed E-state index contributed by atoms with van der Waals surface area (Å²) in [6, 6.07) is 16.2. The van der Waals surface area contributed by atoms with Crippen molar-refractivity contribution in [2.24, 2.45) is 4.99 Å². The number of ether oxygens (including phenoxy) is 1. The summed E-state index contributed by atoms with van der Waals surface area (Å²) in [6.07, 6.45) is -0.571. The zero-order valence-corrected chi connectivity index (χ0v) is 15.4. The molecule has 0 aliphatic carbocycles. The number of amides is 3. The lowest BCUT2D eigenvalue weighted by atomic mass is 10.1. The Morgan fingerprint density at radius 3 is 2.26 bits per heavy atom. The van der Waals surface area contributed by atoms with Gasteiger partial charge in [0.25, 0.3) is 5.91 Å². The molecule has 0 spiro atoms. The Balaban J connectivity index is 1.85. The number of rotatable bonds is 3. The van der Waals surface area contributed by atoms with Crippen LogP contribution in [0.3, 0.4) is 0 Å². The first kappa shape index (κ1) is 17.1. The monoisotopic (exact) mass is 364 g/mol. The van der Waals surface area contributed by atoms with E-state index in [9.17, 15) is 9.59 Å². The molecule has 7 nitrogen and oxygen atoms in total. The van der Waals surface area contributed by atoms with Crippen LogP contribution >= 0.6 is 0 Å². The van der Waals surface area contributed by atoms with Crippen LogP contribution in [0.25, 0.3) is 0 Å². The van der Waals surface area contributed by atoms with E-state index in [2.05, 4.69) is 0 Å². The number of hydrogen-bond donors (Lipinski definition) is 0. The van der Waals surface area contributed by atoms with E-state index in [1.807, 2.05) is 59.5 Å². The molecule has 2 aromatic rings. The zero-order valence-electron chi connectivity index (χ0n) is 15.4. The molecule has 0 bridgehead atoms. The van der Waals surface area contributed by atoms with Crippen molar-refractivity contribution in [3.05, 3.63) is 60.2 Å². The lowest BCUT2D eigenvalue weighted by molar-refractivity contribution is -0.132. The quantitative estimate of drug-likeness (QED) is 0.837. The lowest BCUT2D eigenvalue weighted by Crippen LogP contribution is -2.64. The fraction of sp³-hybridized carbons (Fsp3) is 0.250. The maximum Gasteiger partial charge on any atom is 0.328 e. The number of hydrogen-bond acceptors (Lipinski definition) is 5. The predicted octanol–water partition coefficient (Wildman–Crippen LogP) is 2.18. The maximum atomic E-state index is 13.0. The van der Waals surface area contributed by atoms with Gasteiger partial charge in [0.1, 0.15) is 11.6 Å². The molecule has 2 unspecified atom stereocenters. The molecule has 4 rings (SSSR count). The van der Waals surface area contributed by atoms with Crippen molar-refractivity contribution >= 4 is 23.5 Å². The number of urea groups is 1. The highest BCUT2D eigenvalue weighted by molar-refractivity contribution is 6.17. The fourth-order valence-corrected chi connectivity index (χ4v) is 3.53. The molecule has 2 aliphatic rings. The SMILES string of the molecule is COc1ccc(N2C(c3ccccc3)=NC3C2C(=O)N(C)C(=O)N3C)cc1. The molecule has 138 valence electrons. The smallest absolute Gasteiger partial charge is 0.328 e. The highest BCUT2D eigenvalue weighted by Crippen LogP contribution is 2.34. The molecular formula is C20H20N4O3. The summed E-state index contributed by atoms with van der Waals surface area (Å²) in [4.78, 5) is 34.7. The molecular weight excluding hydrogens is 344 g/mol. The van der Waals surface area contributed by atoms with Crippen LogP contribution in [-0.2, 0) is 4.79 Å². The van der Waals surface area contributed by atoms with Crippen molar-refractivity contribution < 1.29 is 14.3 Å². The molecule has 3 amide bonds. The zero-order chi connectivity index (χ0) is 19.1. The average Bonchev–Trinajstić information content (AvgIpc) is 3.12. The van der Waals surface area contributed by atoms with Gasteiger partial charge >= 0.3 is 6.03 Å². The highest BCUT2D eigenvalue weighted by Gasteiger charge is 2.51. The standard InChI is InChI=1S/C20H20N4O3/c1-22-18-16(19(25)23(2)20(22)26)24(14-9-11-15(27-3)12-10-14)17(21-18)13-7-5-4-6-8-13/h4-12,16,18H,1-3H3. The third-order valence-corrected chi connectivity index (χ3v) is 4.99. The van der Waals surface area contributed by atoms with E-state index in [0.29, 0.717) is 5.84 Å². The van der Waals surface area contributed by atoms with Gasteiger partial charge in [-0.3, -0.25) is 9.69 Å². The van der Waals surface area contributed by atoms with Crippen LogP contribution in [0.5, 0.6) is 5.75 Å². The number of likely N-dealkylation sites (N-methyl/N-ethyl adjacent to an activating group) is 2. The molecule has 2 aliphatic heterocycles. The van der Waals surface area contributed by atoms with Crippen LogP contribution in [0.4, 0.5) is 10.5 Å². The number of aliphatic imine (C=N–C) groups is 1. The number of imide groups is 1. The Kier molecular flexibility index (Phi) is 4.07. The molecule has 0 saturated carbocycles. The second-order valence-corrected chi connectivity index (χ2v) is 6.54. The number of carbonyl (C=O) groups is 2. The Bertz CT molecular complexity index is 911. The van der Waals surface area contributed by atoms with Crippen LogP contribution in [0, 0.1) is 0 Å². The van der Waals surface area contributed by atoms with Gasteiger partial charge in [-0.05, 0) is 24.3 Å². The van der Waals surface area contributed by atoms with E-state index in [0.717, 1.165) is 21.9 Å². The van der Waals surface area contributed by atoms with Gasteiger partial charge in [0, 0.05) is 25.3 Å². The van der Waals surface area contributed by atoms with Gasteiger partial charge in [0.05, 0.1) is 7.11 Å². The van der Waals surface area contributed by atoms with Crippen LogP contribution in [-0.4, -0.2) is 61.0 Å².